The van der Waals surface area contributed by atoms with Crippen molar-refractivity contribution in [3.8, 4) is 51.2 Å². The molecule has 0 aliphatic heterocycles. The lowest BCUT2D eigenvalue weighted by Crippen LogP contribution is -2.13. The fraction of sp³-hybridized carbons (Fsp3) is 0.103. The molecule has 3 amide bonds. The number of rotatable bonds is 14. The molecular weight excluding hydrogens is 1330 g/mol. The molecule has 0 spiro atoms. The van der Waals surface area contributed by atoms with E-state index in [4.69, 9.17) is 9.52 Å². The molecule has 29 heteroatoms. The zero-order chi connectivity index (χ0) is 68.1. The normalized spacial score (nSPS) is 12.4. The van der Waals surface area contributed by atoms with Crippen LogP contribution in [-0.2, 0) is 24.2 Å². The minimum absolute atomic E-state index is 0.0160. The van der Waals surface area contributed by atoms with Gasteiger partial charge in [-0.25, -0.2) is 66.7 Å². The summed E-state index contributed by atoms with van der Waals surface area (Å²) in [4.78, 5) is 76.6. The maximum absolute atomic E-state index is 13.2. The Morgan fingerprint density at radius 3 is 1.22 bits per heavy atom. The van der Waals surface area contributed by atoms with Gasteiger partial charge >= 0.3 is 12.1 Å². The molecule has 2 atom stereocenters. The molecule has 14 rings (SSSR count). The van der Waals surface area contributed by atoms with Crippen molar-refractivity contribution in [2.75, 3.05) is 29.8 Å². The smallest absolute Gasteiger partial charge is 0.442 e. The molecule has 4 N–H and O–H groups in total. The van der Waals surface area contributed by atoms with Crippen LogP contribution in [0.15, 0.2) is 207 Å². The number of carbonyl (C=O) groups excluding carboxylic acids is 3. The molecule has 0 fully saturated rings. The number of carboxylic acid groups (broad SMARTS) is 1. The third kappa shape index (κ3) is 15.1. The van der Waals surface area contributed by atoms with Crippen molar-refractivity contribution in [3.63, 3.8) is 0 Å². The molecule has 9 aromatic heterocycles. The molecule has 0 saturated carbocycles. The van der Waals surface area contributed by atoms with E-state index >= 15 is 0 Å². The van der Waals surface area contributed by atoms with E-state index in [1.807, 2.05) is 124 Å². The Morgan fingerprint density at radius 1 is 0.505 bits per heavy atom. The van der Waals surface area contributed by atoms with E-state index < -0.39 is 37.4 Å². The molecule has 97 heavy (non-hydrogen) atoms. The van der Waals surface area contributed by atoms with Gasteiger partial charge in [0.2, 0.25) is 0 Å². The number of aryl methyl sites for hydroxylation is 3. The van der Waals surface area contributed by atoms with E-state index in [0.717, 1.165) is 70.1 Å². The van der Waals surface area contributed by atoms with Gasteiger partial charge in [-0.2, -0.15) is 15.3 Å². The maximum Gasteiger partial charge on any atom is 0.442 e. The molecule has 2 unspecified atom stereocenters. The lowest BCUT2D eigenvalue weighted by Gasteiger charge is -2.08. The highest BCUT2D eigenvalue weighted by molar-refractivity contribution is 7.93. The van der Waals surface area contributed by atoms with Gasteiger partial charge in [-0.3, -0.25) is 9.59 Å². The van der Waals surface area contributed by atoms with Gasteiger partial charge in [0.25, 0.3) is 11.8 Å². The summed E-state index contributed by atoms with van der Waals surface area (Å²) in [5.41, 5.74) is 16.7. The number of carbonyl (C=O) groups is 4. The van der Waals surface area contributed by atoms with Crippen LogP contribution in [0.4, 0.5) is 16.2 Å². The Morgan fingerprint density at radius 2 is 0.866 bits per heavy atom. The van der Waals surface area contributed by atoms with Gasteiger partial charge < -0.3 is 20.5 Å². The first-order valence-electron chi connectivity index (χ1n) is 29.4. The zero-order valence-electron chi connectivity index (χ0n) is 52.3. The van der Waals surface area contributed by atoms with E-state index in [2.05, 4.69) is 60.2 Å². The van der Waals surface area contributed by atoms with Gasteiger partial charge in [-0.05, 0) is 167 Å². The van der Waals surface area contributed by atoms with Crippen LogP contribution in [0.5, 0.6) is 0 Å². The number of amides is 3. The van der Waals surface area contributed by atoms with E-state index in [0.29, 0.717) is 50.0 Å². The molecule has 0 saturated heterocycles. The van der Waals surface area contributed by atoms with Crippen LogP contribution in [0.2, 0.25) is 0 Å². The van der Waals surface area contributed by atoms with Gasteiger partial charge in [0.1, 0.15) is 0 Å². The minimum atomic E-state index is -3.00. The number of nitrogens with one attached hydrogen (secondary N) is 3. The molecule has 14 aromatic rings. The van der Waals surface area contributed by atoms with E-state index in [1.54, 1.807) is 133 Å². The number of pyridine rings is 3. The molecular formula is C68H56N16O8S5. The first kappa shape index (κ1) is 65.7. The van der Waals surface area contributed by atoms with Crippen LogP contribution in [-0.4, -0.2) is 116 Å². The van der Waals surface area contributed by atoms with Crippen molar-refractivity contribution in [3.05, 3.63) is 227 Å². The fourth-order valence-corrected chi connectivity index (χ4v) is 13.8. The SMILES string of the molecule is CCOC(=O)N=S(C)(=O)c1ccc(NC(=O)c2cc(-c3ccc4ncsc4c3)n(-c3cccc(C)n3)n2)cc1.Cc1cccc(-n2nc(C(=O)Nc3ccc(S(C)(=N)=O)cc3)cc2-c2ccc3ncsc3c2)n1.Cc1cccc(-n2nc(C(=O)O)cc2-c2ccc3ncsc3c2)n1. The average molecular weight is 1390 g/mol. The molecule has 0 radical (unpaired) electrons. The summed E-state index contributed by atoms with van der Waals surface area (Å²) in [6.07, 6.45) is 1.83. The highest BCUT2D eigenvalue weighted by atomic mass is 32.2. The Hall–Kier alpha value is -11.4. The number of aromatic carboxylic acids is 1. The third-order valence-electron chi connectivity index (χ3n) is 14.6. The highest BCUT2D eigenvalue weighted by Gasteiger charge is 2.23. The summed E-state index contributed by atoms with van der Waals surface area (Å²) >= 11 is 4.62. The number of anilines is 2. The average Bonchev–Trinajstić information content (AvgIpc) is 1.67. The maximum atomic E-state index is 13.2. The Balaban J connectivity index is 0.000000142. The second kappa shape index (κ2) is 27.9. The van der Waals surface area contributed by atoms with Gasteiger partial charge in [-0.15, -0.1) is 38.4 Å². The molecule has 0 aliphatic carbocycles. The summed E-state index contributed by atoms with van der Waals surface area (Å²) in [6, 6.07) is 52.2. The largest absolute Gasteiger partial charge is 0.476 e. The summed E-state index contributed by atoms with van der Waals surface area (Å²) in [6.45, 7) is 7.46. The number of benzene rings is 5. The highest BCUT2D eigenvalue weighted by Crippen LogP contribution is 2.33. The van der Waals surface area contributed by atoms with Crippen LogP contribution >= 0.6 is 34.0 Å². The van der Waals surface area contributed by atoms with Crippen molar-refractivity contribution in [1.29, 1.82) is 4.78 Å². The van der Waals surface area contributed by atoms with Crippen molar-refractivity contribution in [2.45, 2.75) is 37.5 Å². The Bertz CT molecular complexity index is 5590. The third-order valence-corrected chi connectivity index (χ3v) is 19.8. The number of hydrogen-bond donors (Lipinski definition) is 4. The summed E-state index contributed by atoms with van der Waals surface area (Å²) in [5, 5.41) is 28.3. The number of carboxylic acids is 1. The predicted molar refractivity (Wildman–Crippen MR) is 377 cm³/mol. The van der Waals surface area contributed by atoms with E-state index in [9.17, 15) is 32.7 Å². The van der Waals surface area contributed by atoms with Crippen molar-refractivity contribution in [2.24, 2.45) is 4.36 Å². The topological polar surface area (TPSA) is 323 Å². The van der Waals surface area contributed by atoms with Crippen LogP contribution in [0, 0.1) is 25.6 Å². The lowest BCUT2D eigenvalue weighted by atomic mass is 10.1. The van der Waals surface area contributed by atoms with Crippen molar-refractivity contribution >= 4 is 119 Å². The molecule has 486 valence electrons. The molecule has 0 aliphatic rings. The van der Waals surface area contributed by atoms with Crippen LogP contribution in [0.1, 0.15) is 55.5 Å². The fourth-order valence-electron chi connectivity index (χ4n) is 9.92. The number of nitrogens with zero attached hydrogens (tertiary/aromatic N) is 13. The lowest BCUT2D eigenvalue weighted by molar-refractivity contribution is 0.0689. The van der Waals surface area contributed by atoms with Gasteiger partial charge in [0.15, 0.2) is 34.5 Å². The number of ether oxygens (including phenoxy) is 1. The molecule has 5 aromatic carbocycles. The zero-order valence-corrected chi connectivity index (χ0v) is 56.4. The van der Waals surface area contributed by atoms with Gasteiger partial charge in [0.05, 0.1) is 90.3 Å². The van der Waals surface area contributed by atoms with Gasteiger partial charge in [0, 0.05) is 67.4 Å². The van der Waals surface area contributed by atoms with Crippen LogP contribution in [0.3, 0.4) is 0 Å². The summed E-state index contributed by atoms with van der Waals surface area (Å²) in [7, 11) is -5.81. The molecule has 0 bridgehead atoms. The van der Waals surface area contributed by atoms with E-state index in [1.165, 1.54) is 23.8 Å². The van der Waals surface area contributed by atoms with Crippen molar-refractivity contribution in [1.82, 2.24) is 59.2 Å². The van der Waals surface area contributed by atoms with E-state index in [-0.39, 0.29) is 29.6 Å². The second-order valence-electron chi connectivity index (χ2n) is 21.7. The molecule has 24 nitrogen and oxygen atoms in total. The van der Waals surface area contributed by atoms with Crippen LogP contribution < -0.4 is 10.6 Å². The number of fused-ring (bicyclic) bond motifs is 3. The Kier molecular flexibility index (Phi) is 18.9. The molecule has 9 heterocycles. The van der Waals surface area contributed by atoms with Gasteiger partial charge in [-0.1, -0.05) is 36.4 Å². The number of hydrogen-bond acceptors (Lipinski definition) is 20. The first-order chi connectivity index (χ1) is 46.6. The predicted octanol–water partition coefficient (Wildman–Crippen LogP) is 14.4. The first-order valence-corrected chi connectivity index (χ1v) is 36.0. The minimum Gasteiger partial charge on any atom is -0.476 e. The second-order valence-corrected chi connectivity index (χ2v) is 28.8. The summed E-state index contributed by atoms with van der Waals surface area (Å²) in [5.74, 6) is -0.106. The van der Waals surface area contributed by atoms with Crippen LogP contribution in [0.25, 0.3) is 81.9 Å². The summed E-state index contributed by atoms with van der Waals surface area (Å²) < 4.78 is 48.8. The monoisotopic (exact) mass is 1380 g/mol. The quantitative estimate of drug-likeness (QED) is 0.0786. The standard InChI is InChI=1S/C27H24N6O4S2.C24H20N6O2S2.C17H12N4O2S/c1-4-37-27(35)32-39(3,36)20-11-9-19(10-12-20)30-26(34)22-15-23(18-8-13-21-24(14-18)38-16-28-21)33(31-22)25-7-5-6-17(2)29-25;1-15-4-3-5-23(27-15)30-21(16-6-11-19-22(12-16)33-14-26-19)13-20(29-30)24(31)28-17-7-9-18(10-8-17)34(2,25)32;1-10-3-2-4-16(19-10)21-14(8-13(20-21)17(22)23)11-5-6-12-15(7-11)24-9-18-12/h5-16H,4H2,1-3H3,(H,30,34);3-14,25H,1-2H3,(H,28,31);2-9H,1H3,(H,22,23). The van der Waals surface area contributed by atoms with Crippen molar-refractivity contribution < 1.29 is 37.4 Å². The number of thiazole rings is 3. The number of aromatic nitrogens is 12. The Labute approximate surface area is 566 Å².